The Morgan fingerprint density at radius 2 is 2.05 bits per heavy atom. The second-order valence-electron chi connectivity index (χ2n) is 5.58. The fraction of sp³-hybridized carbons (Fsp3) is 0.500. The number of hydrogen-bond acceptors (Lipinski definition) is 4. The highest BCUT2D eigenvalue weighted by Crippen LogP contribution is 2.14. The zero-order chi connectivity index (χ0) is 15.3. The lowest BCUT2D eigenvalue weighted by molar-refractivity contribution is -0.384. The number of carbonyl (C=O) groups excluding carboxylic acids is 1. The predicted octanol–water partition coefficient (Wildman–Crippen LogP) is 2.37. The molecule has 0 bridgehead atoms. The Morgan fingerprint density at radius 1 is 1.40 bits per heavy atom. The summed E-state index contributed by atoms with van der Waals surface area (Å²) < 4.78 is 5.41. The SMILES string of the molecule is CN(Cc1cccc([N+](=O)[O-])c1)C(=O)COC(C)(C)C. The van der Waals surface area contributed by atoms with Crippen LogP contribution >= 0.6 is 0 Å². The number of carbonyl (C=O) groups is 1. The molecule has 0 atom stereocenters. The van der Waals surface area contributed by atoms with E-state index < -0.39 is 4.92 Å². The number of nitro groups is 1. The molecule has 6 heteroatoms. The maximum absolute atomic E-state index is 11.9. The summed E-state index contributed by atoms with van der Waals surface area (Å²) in [6.07, 6.45) is 0. The van der Waals surface area contributed by atoms with E-state index in [1.165, 1.54) is 17.0 Å². The van der Waals surface area contributed by atoms with Gasteiger partial charge in [0.15, 0.2) is 0 Å². The molecule has 0 fully saturated rings. The average Bonchev–Trinajstić information content (AvgIpc) is 2.35. The molecule has 0 saturated carbocycles. The van der Waals surface area contributed by atoms with Crippen molar-refractivity contribution in [3.63, 3.8) is 0 Å². The first kappa shape index (κ1) is 16.1. The van der Waals surface area contributed by atoms with E-state index in [9.17, 15) is 14.9 Å². The van der Waals surface area contributed by atoms with Crippen LogP contribution < -0.4 is 0 Å². The molecule has 110 valence electrons. The van der Waals surface area contributed by atoms with Crippen LogP contribution in [0.4, 0.5) is 5.69 Å². The van der Waals surface area contributed by atoms with Gasteiger partial charge in [-0.2, -0.15) is 0 Å². The second-order valence-corrected chi connectivity index (χ2v) is 5.58. The van der Waals surface area contributed by atoms with Gasteiger partial charge in [-0.25, -0.2) is 0 Å². The minimum Gasteiger partial charge on any atom is -0.366 e. The molecule has 1 aromatic rings. The molecule has 0 heterocycles. The van der Waals surface area contributed by atoms with Crippen LogP contribution in [0.1, 0.15) is 26.3 Å². The first-order valence-corrected chi connectivity index (χ1v) is 6.30. The van der Waals surface area contributed by atoms with E-state index >= 15 is 0 Å². The number of benzene rings is 1. The van der Waals surface area contributed by atoms with Crippen LogP contribution in [0.15, 0.2) is 24.3 Å². The highest BCUT2D eigenvalue weighted by atomic mass is 16.6. The molecule has 0 radical (unpaired) electrons. The lowest BCUT2D eigenvalue weighted by Crippen LogP contribution is -2.33. The van der Waals surface area contributed by atoms with Crippen molar-refractivity contribution in [2.45, 2.75) is 32.9 Å². The predicted molar refractivity (Wildman–Crippen MR) is 75.3 cm³/mol. The summed E-state index contributed by atoms with van der Waals surface area (Å²) in [7, 11) is 1.65. The van der Waals surface area contributed by atoms with Crippen LogP contribution in [-0.4, -0.2) is 35.0 Å². The van der Waals surface area contributed by atoms with Crippen molar-refractivity contribution in [2.75, 3.05) is 13.7 Å². The van der Waals surface area contributed by atoms with E-state index in [2.05, 4.69) is 0 Å². The van der Waals surface area contributed by atoms with Gasteiger partial charge in [0.25, 0.3) is 5.69 Å². The molecule has 0 aromatic heterocycles. The standard InChI is InChI=1S/C14H20N2O4/c1-14(2,3)20-10-13(17)15(4)9-11-6-5-7-12(8-11)16(18)19/h5-8H,9-10H2,1-4H3. The minimum atomic E-state index is -0.450. The monoisotopic (exact) mass is 280 g/mol. The van der Waals surface area contributed by atoms with Crippen LogP contribution in [0.3, 0.4) is 0 Å². The van der Waals surface area contributed by atoms with Gasteiger partial charge in [0.05, 0.1) is 10.5 Å². The normalized spacial score (nSPS) is 11.2. The summed E-state index contributed by atoms with van der Waals surface area (Å²) in [6, 6.07) is 6.25. The Morgan fingerprint density at radius 3 is 2.60 bits per heavy atom. The van der Waals surface area contributed by atoms with Gasteiger partial charge < -0.3 is 9.64 Å². The number of non-ortho nitro benzene ring substituents is 1. The van der Waals surface area contributed by atoms with Crippen molar-refractivity contribution in [1.82, 2.24) is 4.90 Å². The van der Waals surface area contributed by atoms with Crippen LogP contribution in [0.2, 0.25) is 0 Å². The highest BCUT2D eigenvalue weighted by molar-refractivity contribution is 5.77. The Hall–Kier alpha value is -1.95. The fourth-order valence-electron chi connectivity index (χ4n) is 1.52. The summed E-state index contributed by atoms with van der Waals surface area (Å²) >= 11 is 0. The summed E-state index contributed by atoms with van der Waals surface area (Å²) in [6.45, 7) is 5.94. The molecule has 6 nitrogen and oxygen atoms in total. The summed E-state index contributed by atoms with van der Waals surface area (Å²) in [5.41, 5.74) is 0.363. The third-order valence-electron chi connectivity index (χ3n) is 2.60. The van der Waals surface area contributed by atoms with Crippen LogP contribution in [0.5, 0.6) is 0 Å². The smallest absolute Gasteiger partial charge is 0.269 e. The van der Waals surface area contributed by atoms with E-state index in [1.54, 1.807) is 19.2 Å². The maximum Gasteiger partial charge on any atom is 0.269 e. The van der Waals surface area contributed by atoms with E-state index in [4.69, 9.17) is 4.74 Å². The van der Waals surface area contributed by atoms with Gasteiger partial charge in [0.2, 0.25) is 5.91 Å². The molecule has 0 saturated heterocycles. The molecule has 1 rings (SSSR count). The van der Waals surface area contributed by atoms with Gasteiger partial charge in [-0.1, -0.05) is 12.1 Å². The number of nitrogens with zero attached hydrogens (tertiary/aromatic N) is 2. The fourth-order valence-corrected chi connectivity index (χ4v) is 1.52. The van der Waals surface area contributed by atoms with E-state index in [0.29, 0.717) is 12.1 Å². The third-order valence-corrected chi connectivity index (χ3v) is 2.60. The quantitative estimate of drug-likeness (QED) is 0.613. The zero-order valence-corrected chi connectivity index (χ0v) is 12.3. The molecule has 0 aliphatic carbocycles. The number of amides is 1. The largest absolute Gasteiger partial charge is 0.366 e. The van der Waals surface area contributed by atoms with Gasteiger partial charge in [-0.05, 0) is 26.3 Å². The van der Waals surface area contributed by atoms with Gasteiger partial charge in [-0.15, -0.1) is 0 Å². The number of ether oxygens (including phenoxy) is 1. The molecule has 0 aliphatic rings. The third kappa shape index (κ3) is 5.36. The van der Waals surface area contributed by atoms with Crippen LogP contribution in [0.25, 0.3) is 0 Å². The topological polar surface area (TPSA) is 72.7 Å². The molecule has 0 spiro atoms. The van der Waals surface area contributed by atoms with Crippen molar-refractivity contribution >= 4 is 11.6 Å². The highest BCUT2D eigenvalue weighted by Gasteiger charge is 2.16. The molecule has 20 heavy (non-hydrogen) atoms. The van der Waals surface area contributed by atoms with Gasteiger partial charge in [0, 0.05) is 25.7 Å². The maximum atomic E-state index is 11.9. The van der Waals surface area contributed by atoms with Crippen molar-refractivity contribution in [3.8, 4) is 0 Å². The molecule has 0 unspecified atom stereocenters. The van der Waals surface area contributed by atoms with Crippen LogP contribution in [-0.2, 0) is 16.1 Å². The number of rotatable bonds is 5. The molecule has 1 amide bonds. The van der Waals surface area contributed by atoms with E-state index in [-0.39, 0.29) is 23.8 Å². The number of likely N-dealkylation sites (N-methyl/N-ethyl adjacent to an activating group) is 1. The molecule has 0 N–H and O–H groups in total. The Kier molecular flexibility index (Phi) is 5.21. The zero-order valence-electron chi connectivity index (χ0n) is 12.3. The summed E-state index contributed by atoms with van der Waals surface area (Å²) in [5.74, 6) is -0.161. The summed E-state index contributed by atoms with van der Waals surface area (Å²) in [4.78, 5) is 23.6. The summed E-state index contributed by atoms with van der Waals surface area (Å²) in [5, 5.41) is 10.7. The molecule has 0 aliphatic heterocycles. The lowest BCUT2D eigenvalue weighted by atomic mass is 10.2. The van der Waals surface area contributed by atoms with Gasteiger partial charge in [0.1, 0.15) is 6.61 Å². The van der Waals surface area contributed by atoms with Crippen molar-refractivity contribution in [3.05, 3.63) is 39.9 Å². The van der Waals surface area contributed by atoms with E-state index in [1.807, 2.05) is 20.8 Å². The first-order valence-electron chi connectivity index (χ1n) is 6.30. The molecular weight excluding hydrogens is 260 g/mol. The van der Waals surface area contributed by atoms with Gasteiger partial charge >= 0.3 is 0 Å². The van der Waals surface area contributed by atoms with Crippen LogP contribution in [0, 0.1) is 10.1 Å². The Bertz CT molecular complexity index is 494. The average molecular weight is 280 g/mol. The number of nitro benzene ring substituents is 1. The lowest BCUT2D eigenvalue weighted by Gasteiger charge is -2.22. The van der Waals surface area contributed by atoms with E-state index in [0.717, 1.165) is 0 Å². The van der Waals surface area contributed by atoms with Crippen molar-refractivity contribution < 1.29 is 14.5 Å². The molecular formula is C14H20N2O4. The minimum absolute atomic E-state index is 0.00503. The van der Waals surface area contributed by atoms with Gasteiger partial charge in [-0.3, -0.25) is 14.9 Å². The first-order chi connectivity index (χ1) is 9.19. The second kappa shape index (κ2) is 6.47. The van der Waals surface area contributed by atoms with Crippen molar-refractivity contribution in [2.24, 2.45) is 0 Å². The number of hydrogen-bond donors (Lipinski definition) is 0. The van der Waals surface area contributed by atoms with Crippen molar-refractivity contribution in [1.29, 1.82) is 0 Å². The Balaban J connectivity index is 2.61. The Labute approximate surface area is 118 Å². The molecule has 1 aromatic carbocycles.